The lowest BCUT2D eigenvalue weighted by atomic mass is 9.93. The van der Waals surface area contributed by atoms with E-state index in [-0.39, 0.29) is 0 Å². The number of benzene rings is 5. The van der Waals surface area contributed by atoms with Gasteiger partial charge in [0, 0.05) is 28.1 Å². The fraction of sp³-hybridized carbons (Fsp3) is 0. The van der Waals surface area contributed by atoms with E-state index in [0.717, 1.165) is 38.8 Å². The average Bonchev–Trinajstić information content (AvgIpc) is 2.96. The summed E-state index contributed by atoms with van der Waals surface area (Å²) in [5.74, 6) is 0. The van der Waals surface area contributed by atoms with E-state index in [1.54, 1.807) is 0 Å². The molecule has 0 aliphatic heterocycles. The standard InChI is InChI=1S/C34H22N2/c1-2-10-24(11-3-1)33-21-30(34-29-15-6-4-9-23(29)17-18-32(34)36-33)26-14-8-13-25(19-26)28-20-27-12-5-7-16-31(27)35-22-28/h1-22H. The molecule has 0 bridgehead atoms. The molecule has 0 amide bonds. The van der Waals surface area contributed by atoms with Gasteiger partial charge < -0.3 is 0 Å². The van der Waals surface area contributed by atoms with E-state index >= 15 is 0 Å². The molecule has 0 saturated heterocycles. The second-order valence-corrected chi connectivity index (χ2v) is 9.10. The smallest absolute Gasteiger partial charge is 0.0722 e. The van der Waals surface area contributed by atoms with Crippen LogP contribution in [0.3, 0.4) is 0 Å². The predicted molar refractivity (Wildman–Crippen MR) is 151 cm³/mol. The van der Waals surface area contributed by atoms with Crippen molar-refractivity contribution >= 4 is 32.6 Å². The number of aromatic nitrogens is 2. The van der Waals surface area contributed by atoms with Gasteiger partial charge in [-0.2, -0.15) is 0 Å². The topological polar surface area (TPSA) is 25.8 Å². The van der Waals surface area contributed by atoms with Crippen LogP contribution in [-0.4, -0.2) is 9.97 Å². The molecular formula is C34H22N2. The van der Waals surface area contributed by atoms with Gasteiger partial charge in [-0.1, -0.05) is 97.1 Å². The van der Waals surface area contributed by atoms with Gasteiger partial charge in [-0.15, -0.1) is 0 Å². The Morgan fingerprint density at radius 1 is 0.444 bits per heavy atom. The Morgan fingerprint density at radius 3 is 2.11 bits per heavy atom. The Hall–Kier alpha value is -4.82. The lowest BCUT2D eigenvalue weighted by molar-refractivity contribution is 1.40. The van der Waals surface area contributed by atoms with Gasteiger partial charge in [0.2, 0.25) is 0 Å². The van der Waals surface area contributed by atoms with Crippen LogP contribution in [0.2, 0.25) is 0 Å². The highest BCUT2D eigenvalue weighted by Crippen LogP contribution is 2.38. The van der Waals surface area contributed by atoms with E-state index in [2.05, 4.69) is 115 Å². The Labute approximate surface area is 209 Å². The van der Waals surface area contributed by atoms with E-state index < -0.39 is 0 Å². The van der Waals surface area contributed by atoms with Gasteiger partial charge in [0.15, 0.2) is 0 Å². The molecule has 2 aromatic heterocycles. The molecule has 7 rings (SSSR count). The summed E-state index contributed by atoms with van der Waals surface area (Å²) in [7, 11) is 0. The van der Waals surface area contributed by atoms with Crippen LogP contribution in [0.15, 0.2) is 134 Å². The van der Waals surface area contributed by atoms with E-state index in [9.17, 15) is 0 Å². The molecule has 0 radical (unpaired) electrons. The first-order valence-electron chi connectivity index (χ1n) is 12.2. The minimum Gasteiger partial charge on any atom is -0.256 e. The molecule has 0 spiro atoms. The zero-order valence-corrected chi connectivity index (χ0v) is 19.6. The Kier molecular flexibility index (Phi) is 4.82. The lowest BCUT2D eigenvalue weighted by Gasteiger charge is -2.14. The van der Waals surface area contributed by atoms with Crippen LogP contribution in [0.4, 0.5) is 0 Å². The molecule has 0 atom stereocenters. The highest BCUT2D eigenvalue weighted by Gasteiger charge is 2.13. The van der Waals surface area contributed by atoms with Gasteiger partial charge in [0.05, 0.1) is 16.7 Å². The van der Waals surface area contributed by atoms with Crippen LogP contribution in [-0.2, 0) is 0 Å². The van der Waals surface area contributed by atoms with Crippen LogP contribution in [0.5, 0.6) is 0 Å². The summed E-state index contributed by atoms with van der Waals surface area (Å²) >= 11 is 0. The Balaban J connectivity index is 1.49. The summed E-state index contributed by atoms with van der Waals surface area (Å²) in [6.45, 7) is 0. The maximum absolute atomic E-state index is 5.09. The van der Waals surface area contributed by atoms with Crippen LogP contribution in [0.1, 0.15) is 0 Å². The van der Waals surface area contributed by atoms with Crippen molar-refractivity contribution in [3.05, 3.63) is 134 Å². The Morgan fingerprint density at radius 2 is 1.19 bits per heavy atom. The van der Waals surface area contributed by atoms with E-state index in [4.69, 9.17) is 9.97 Å². The molecular weight excluding hydrogens is 436 g/mol. The van der Waals surface area contributed by atoms with Crippen LogP contribution >= 0.6 is 0 Å². The fourth-order valence-corrected chi connectivity index (χ4v) is 5.09. The largest absolute Gasteiger partial charge is 0.256 e. The van der Waals surface area contributed by atoms with Crippen molar-refractivity contribution in [3.63, 3.8) is 0 Å². The second kappa shape index (κ2) is 8.44. The molecule has 0 fully saturated rings. The summed E-state index contributed by atoms with van der Waals surface area (Å²) in [4.78, 5) is 9.78. The molecule has 0 N–H and O–H groups in total. The first-order valence-corrected chi connectivity index (χ1v) is 12.2. The minimum atomic E-state index is 0.978. The third-order valence-corrected chi connectivity index (χ3v) is 6.87. The molecule has 2 heterocycles. The maximum Gasteiger partial charge on any atom is 0.0722 e. The molecule has 0 unspecified atom stereocenters. The summed E-state index contributed by atoms with van der Waals surface area (Å²) < 4.78 is 0. The van der Waals surface area contributed by atoms with Crippen LogP contribution in [0.25, 0.3) is 66.1 Å². The van der Waals surface area contributed by atoms with E-state index in [0.29, 0.717) is 0 Å². The second-order valence-electron chi connectivity index (χ2n) is 9.10. The van der Waals surface area contributed by atoms with Crippen molar-refractivity contribution in [1.29, 1.82) is 0 Å². The van der Waals surface area contributed by atoms with Gasteiger partial charge >= 0.3 is 0 Å². The van der Waals surface area contributed by atoms with Crippen molar-refractivity contribution in [1.82, 2.24) is 9.97 Å². The van der Waals surface area contributed by atoms with Crippen LogP contribution in [0, 0.1) is 0 Å². The quantitative estimate of drug-likeness (QED) is 0.247. The predicted octanol–water partition coefficient (Wildman–Crippen LogP) is 8.94. The van der Waals surface area contributed by atoms with Crippen molar-refractivity contribution in [2.45, 2.75) is 0 Å². The number of para-hydroxylation sites is 1. The number of pyridine rings is 2. The molecule has 2 heteroatoms. The maximum atomic E-state index is 5.09. The van der Waals surface area contributed by atoms with E-state index in [1.165, 1.54) is 27.3 Å². The van der Waals surface area contributed by atoms with Crippen molar-refractivity contribution in [2.24, 2.45) is 0 Å². The molecule has 5 aromatic carbocycles. The number of fused-ring (bicyclic) bond motifs is 4. The first kappa shape index (κ1) is 20.5. The van der Waals surface area contributed by atoms with Gasteiger partial charge in [0.25, 0.3) is 0 Å². The summed E-state index contributed by atoms with van der Waals surface area (Å²) in [6.07, 6.45) is 1.97. The van der Waals surface area contributed by atoms with Gasteiger partial charge in [0.1, 0.15) is 0 Å². The highest BCUT2D eigenvalue weighted by atomic mass is 14.7. The van der Waals surface area contributed by atoms with E-state index in [1.807, 2.05) is 18.3 Å². The minimum absolute atomic E-state index is 0.978. The lowest BCUT2D eigenvalue weighted by Crippen LogP contribution is -1.92. The molecule has 36 heavy (non-hydrogen) atoms. The summed E-state index contributed by atoms with van der Waals surface area (Å²) in [6, 6.07) is 44.8. The number of hydrogen-bond donors (Lipinski definition) is 0. The zero-order chi connectivity index (χ0) is 23.9. The fourth-order valence-electron chi connectivity index (χ4n) is 5.09. The third kappa shape index (κ3) is 3.52. The van der Waals surface area contributed by atoms with Crippen molar-refractivity contribution < 1.29 is 0 Å². The van der Waals surface area contributed by atoms with Gasteiger partial charge in [-0.05, 0) is 57.8 Å². The normalized spacial score (nSPS) is 11.3. The Bertz CT molecular complexity index is 1890. The van der Waals surface area contributed by atoms with Crippen LogP contribution < -0.4 is 0 Å². The molecule has 0 aliphatic rings. The van der Waals surface area contributed by atoms with Gasteiger partial charge in [-0.3, -0.25) is 4.98 Å². The molecule has 0 aliphatic carbocycles. The number of rotatable bonds is 3. The van der Waals surface area contributed by atoms with Crippen molar-refractivity contribution in [2.75, 3.05) is 0 Å². The summed E-state index contributed by atoms with van der Waals surface area (Å²) in [5, 5.41) is 4.76. The SMILES string of the molecule is c1ccc(-c2cc(-c3cccc(-c4cnc5ccccc5c4)c3)c3c(ccc4ccccc43)n2)cc1. The monoisotopic (exact) mass is 458 g/mol. The summed E-state index contributed by atoms with van der Waals surface area (Å²) in [5.41, 5.74) is 8.72. The molecule has 168 valence electrons. The van der Waals surface area contributed by atoms with Gasteiger partial charge in [-0.25, -0.2) is 4.98 Å². The van der Waals surface area contributed by atoms with Crippen molar-refractivity contribution in [3.8, 4) is 33.5 Å². The average molecular weight is 459 g/mol. The zero-order valence-electron chi connectivity index (χ0n) is 19.6. The molecule has 2 nitrogen and oxygen atoms in total. The highest BCUT2D eigenvalue weighted by molar-refractivity contribution is 6.14. The number of hydrogen-bond acceptors (Lipinski definition) is 2. The molecule has 7 aromatic rings. The number of nitrogens with zero attached hydrogens (tertiary/aromatic N) is 2. The first-order chi connectivity index (χ1) is 17.8. The third-order valence-electron chi connectivity index (χ3n) is 6.87. The molecule has 0 saturated carbocycles.